The Morgan fingerprint density at radius 3 is 2.56 bits per heavy atom. The van der Waals surface area contributed by atoms with Crippen LogP contribution in [-0.4, -0.2) is 12.6 Å². The summed E-state index contributed by atoms with van der Waals surface area (Å²) in [7, 11) is 0. The predicted octanol–water partition coefficient (Wildman–Crippen LogP) is 1.97. The molecule has 0 saturated carbocycles. The summed E-state index contributed by atoms with van der Waals surface area (Å²) in [6, 6.07) is 0. The van der Waals surface area contributed by atoms with Gasteiger partial charge in [-0.2, -0.15) is 0 Å². The topological polar surface area (TPSA) is 58.0 Å². The third-order valence-electron chi connectivity index (χ3n) is 0.527. The van der Waals surface area contributed by atoms with E-state index in [1.54, 1.807) is 13.8 Å². The highest BCUT2D eigenvalue weighted by Crippen LogP contribution is 1.99. The summed E-state index contributed by atoms with van der Waals surface area (Å²) in [5.41, 5.74) is 7.69. The van der Waals surface area contributed by atoms with E-state index in [2.05, 4.69) is 14.8 Å². The van der Waals surface area contributed by atoms with Gasteiger partial charge in [-0.05, 0) is 24.5 Å². The van der Waals surface area contributed by atoms with E-state index < -0.39 is 6.48 Å². The molecule has 0 aromatic carbocycles. The molecule has 0 radical (unpaired) electrons. The van der Waals surface area contributed by atoms with Crippen LogP contribution in [0.15, 0.2) is 5.11 Å². The molecule has 4 nitrogen and oxygen atoms in total. The molecule has 0 rings (SSSR count). The molecule has 5 heteroatoms. The number of halogens is 1. The third kappa shape index (κ3) is 5.06. The number of alkyl halides is 1. The first kappa shape index (κ1) is 8.20. The van der Waals surface area contributed by atoms with Crippen molar-refractivity contribution < 1.29 is 9.13 Å². The first-order chi connectivity index (χ1) is 4.16. The van der Waals surface area contributed by atoms with Crippen LogP contribution >= 0.6 is 0 Å². The van der Waals surface area contributed by atoms with Gasteiger partial charge in [0.25, 0.3) is 6.48 Å². The molecule has 0 heterocycles. The van der Waals surface area contributed by atoms with E-state index in [9.17, 15) is 4.39 Å². The second-order valence-corrected chi connectivity index (χ2v) is 1.68. The van der Waals surface area contributed by atoms with Gasteiger partial charge < -0.3 is 4.74 Å². The fourth-order valence-electron chi connectivity index (χ4n) is 0.292. The van der Waals surface area contributed by atoms with Crippen molar-refractivity contribution in [2.45, 2.75) is 26.4 Å². The Morgan fingerprint density at radius 1 is 1.67 bits per heavy atom. The second-order valence-electron chi connectivity index (χ2n) is 1.68. The second kappa shape index (κ2) is 4.12. The first-order valence-corrected chi connectivity index (χ1v) is 2.50. The van der Waals surface area contributed by atoms with Crippen molar-refractivity contribution in [3.8, 4) is 0 Å². The maximum Gasteiger partial charge on any atom is 0.279 e. The lowest BCUT2D eigenvalue weighted by Crippen LogP contribution is -2.09. The molecule has 1 unspecified atom stereocenters. The van der Waals surface area contributed by atoms with Crippen LogP contribution in [0.3, 0.4) is 0 Å². The molecule has 0 amide bonds. The smallest absolute Gasteiger partial charge is 0.279 e. The maximum absolute atomic E-state index is 12.0. The Balaban J connectivity index is 3.49. The zero-order valence-corrected chi connectivity index (χ0v) is 5.28. The largest absolute Gasteiger partial charge is 0.341 e. The minimum absolute atomic E-state index is 0.259. The van der Waals surface area contributed by atoms with Gasteiger partial charge in [0.2, 0.25) is 0 Å². The van der Waals surface area contributed by atoms with Crippen molar-refractivity contribution >= 4 is 0 Å². The van der Waals surface area contributed by atoms with Crippen LogP contribution in [0.1, 0.15) is 13.8 Å². The molecule has 0 N–H and O–H groups in total. The van der Waals surface area contributed by atoms with Gasteiger partial charge in [-0.3, -0.25) is 0 Å². The molecule has 0 aromatic rings. The lowest BCUT2D eigenvalue weighted by Gasteiger charge is -2.05. The monoisotopic (exact) mass is 133 g/mol. The highest BCUT2D eigenvalue weighted by Gasteiger charge is 2.03. The van der Waals surface area contributed by atoms with Crippen LogP contribution in [0.25, 0.3) is 10.4 Å². The van der Waals surface area contributed by atoms with Gasteiger partial charge in [0.1, 0.15) is 0 Å². The van der Waals surface area contributed by atoms with Crippen LogP contribution in [0.2, 0.25) is 0 Å². The summed E-state index contributed by atoms with van der Waals surface area (Å²) in [4.78, 5) is 2.21. The molecule has 1 atom stereocenters. The van der Waals surface area contributed by atoms with Gasteiger partial charge in [0.05, 0.1) is 6.10 Å². The molecule has 9 heavy (non-hydrogen) atoms. The van der Waals surface area contributed by atoms with Crippen LogP contribution in [-0.2, 0) is 4.74 Å². The Labute approximate surface area is 52.2 Å². The number of hydrogen-bond donors (Lipinski definition) is 0. The molecular formula is C4H8FN3O. The molecule has 0 bridgehead atoms. The summed E-state index contributed by atoms with van der Waals surface area (Å²) in [6.07, 6.45) is -0.259. The van der Waals surface area contributed by atoms with Crippen molar-refractivity contribution in [1.29, 1.82) is 0 Å². The molecular weight excluding hydrogens is 125 g/mol. The number of azide groups is 1. The Kier molecular flexibility index (Phi) is 3.75. The van der Waals surface area contributed by atoms with E-state index in [0.717, 1.165) is 0 Å². The van der Waals surface area contributed by atoms with Crippen molar-refractivity contribution in [3.63, 3.8) is 0 Å². The summed E-state index contributed by atoms with van der Waals surface area (Å²) in [6.45, 7) is 1.45. The minimum Gasteiger partial charge on any atom is -0.341 e. The lowest BCUT2D eigenvalue weighted by atomic mass is 10.5. The van der Waals surface area contributed by atoms with Crippen LogP contribution < -0.4 is 0 Å². The fraction of sp³-hybridized carbons (Fsp3) is 1.00. The van der Waals surface area contributed by atoms with Crippen molar-refractivity contribution in [1.82, 2.24) is 0 Å². The fourth-order valence-corrected chi connectivity index (χ4v) is 0.292. The quantitative estimate of drug-likeness (QED) is 0.251. The van der Waals surface area contributed by atoms with E-state index in [1.165, 1.54) is 0 Å². The number of nitrogens with zero attached hydrogens (tertiary/aromatic N) is 3. The summed E-state index contributed by atoms with van der Waals surface area (Å²) >= 11 is 0. The first-order valence-electron chi connectivity index (χ1n) is 2.50. The highest BCUT2D eigenvalue weighted by atomic mass is 19.1. The Morgan fingerprint density at radius 2 is 2.22 bits per heavy atom. The molecule has 52 valence electrons. The van der Waals surface area contributed by atoms with E-state index in [4.69, 9.17) is 5.53 Å². The molecule has 0 aromatic heterocycles. The Hall–Kier alpha value is -0.800. The van der Waals surface area contributed by atoms with Gasteiger partial charge in [-0.15, -0.1) is 0 Å². The van der Waals surface area contributed by atoms with Gasteiger partial charge >= 0.3 is 0 Å². The van der Waals surface area contributed by atoms with Crippen molar-refractivity contribution in [2.75, 3.05) is 0 Å². The summed E-state index contributed by atoms with van der Waals surface area (Å²) < 4.78 is 16.4. The molecule has 0 aliphatic carbocycles. The molecule has 0 fully saturated rings. The molecule has 0 aliphatic rings. The van der Waals surface area contributed by atoms with Gasteiger partial charge in [-0.25, -0.2) is 4.39 Å². The SMILES string of the molecule is CC(C)OC(F)N=[N+]=[N-]. The van der Waals surface area contributed by atoms with Crippen LogP contribution in [0.5, 0.6) is 0 Å². The van der Waals surface area contributed by atoms with Gasteiger partial charge in [-0.1, -0.05) is 0 Å². The average Bonchev–Trinajstić information content (AvgIpc) is 1.63. The van der Waals surface area contributed by atoms with Gasteiger partial charge in [0, 0.05) is 4.91 Å². The maximum atomic E-state index is 12.0. The molecule has 0 saturated heterocycles. The van der Waals surface area contributed by atoms with Gasteiger partial charge in [0.15, 0.2) is 0 Å². The number of rotatable bonds is 3. The third-order valence-corrected chi connectivity index (χ3v) is 0.527. The van der Waals surface area contributed by atoms with Crippen molar-refractivity contribution in [3.05, 3.63) is 10.4 Å². The summed E-state index contributed by atoms with van der Waals surface area (Å²) in [5.74, 6) is 0. The lowest BCUT2D eigenvalue weighted by molar-refractivity contribution is -0.0662. The van der Waals surface area contributed by atoms with Crippen LogP contribution in [0.4, 0.5) is 4.39 Å². The standard InChI is InChI=1S/C4H8FN3O/c1-3(2)9-4(5)7-8-6/h3-4H,1-2H3. The zero-order chi connectivity index (χ0) is 7.28. The van der Waals surface area contributed by atoms with E-state index >= 15 is 0 Å². The number of ether oxygens (including phenoxy) is 1. The molecule has 0 spiro atoms. The number of hydrogen-bond acceptors (Lipinski definition) is 2. The normalized spacial score (nSPS) is 12.9. The van der Waals surface area contributed by atoms with Crippen LogP contribution in [0, 0.1) is 0 Å². The van der Waals surface area contributed by atoms with E-state index in [-0.39, 0.29) is 6.10 Å². The van der Waals surface area contributed by atoms with E-state index in [0.29, 0.717) is 0 Å². The van der Waals surface area contributed by atoms with Crippen molar-refractivity contribution in [2.24, 2.45) is 5.11 Å². The summed E-state index contributed by atoms with van der Waals surface area (Å²) in [5, 5.41) is 2.66. The van der Waals surface area contributed by atoms with E-state index in [1.807, 2.05) is 0 Å². The minimum atomic E-state index is -1.85. The molecule has 0 aliphatic heterocycles. The Bertz CT molecular complexity index is 121. The highest BCUT2D eigenvalue weighted by molar-refractivity contribution is 4.43. The zero-order valence-electron chi connectivity index (χ0n) is 5.28. The predicted molar refractivity (Wildman–Crippen MR) is 30.3 cm³/mol. The average molecular weight is 133 g/mol.